The molecular formula is C13H15BrN4O3. The summed E-state index contributed by atoms with van der Waals surface area (Å²) in [6.45, 7) is 2.08. The number of carboxylic acid groups (broad SMARTS) is 1. The van der Waals surface area contributed by atoms with Crippen molar-refractivity contribution in [2.24, 2.45) is 5.92 Å². The van der Waals surface area contributed by atoms with Crippen molar-refractivity contribution in [2.45, 2.75) is 19.9 Å². The molecule has 1 aromatic carbocycles. The number of aliphatic carboxylic acids is 1. The van der Waals surface area contributed by atoms with Crippen LogP contribution in [0.15, 0.2) is 22.7 Å². The highest BCUT2D eigenvalue weighted by Crippen LogP contribution is 2.31. The molecule has 0 saturated carbocycles. The van der Waals surface area contributed by atoms with Crippen LogP contribution >= 0.6 is 15.9 Å². The Morgan fingerprint density at radius 3 is 2.95 bits per heavy atom. The zero-order chi connectivity index (χ0) is 15.4. The van der Waals surface area contributed by atoms with Crippen molar-refractivity contribution >= 4 is 21.9 Å². The minimum atomic E-state index is -0.828. The van der Waals surface area contributed by atoms with Gasteiger partial charge in [-0.3, -0.25) is 4.79 Å². The minimum Gasteiger partial charge on any atom is -0.496 e. The number of aromatic nitrogens is 4. The molecular weight excluding hydrogens is 340 g/mol. The van der Waals surface area contributed by atoms with Crippen LogP contribution in [-0.4, -0.2) is 38.4 Å². The molecule has 21 heavy (non-hydrogen) atoms. The first-order valence-electron chi connectivity index (χ1n) is 6.35. The number of carboxylic acids is 1. The molecule has 1 N–H and O–H groups in total. The normalized spacial score (nSPS) is 12.1. The summed E-state index contributed by atoms with van der Waals surface area (Å²) < 4.78 is 7.81. The molecule has 0 fully saturated rings. The lowest BCUT2D eigenvalue weighted by Crippen LogP contribution is -2.14. The number of nitrogens with zero attached hydrogens (tertiary/aromatic N) is 4. The SMILES string of the molecule is COc1cc(Br)ccc1-c1nnnn1CCC(C)C(=O)O. The van der Waals surface area contributed by atoms with Crippen molar-refractivity contribution in [1.29, 1.82) is 0 Å². The van der Waals surface area contributed by atoms with E-state index in [0.29, 0.717) is 24.5 Å². The van der Waals surface area contributed by atoms with Gasteiger partial charge in [0.05, 0.1) is 18.6 Å². The number of hydrogen-bond donors (Lipinski definition) is 1. The fourth-order valence-corrected chi connectivity index (χ4v) is 2.18. The average Bonchev–Trinajstić information content (AvgIpc) is 2.92. The number of ether oxygens (including phenoxy) is 1. The van der Waals surface area contributed by atoms with Gasteiger partial charge in [0.25, 0.3) is 0 Å². The van der Waals surface area contributed by atoms with Crippen LogP contribution in [0.1, 0.15) is 13.3 Å². The van der Waals surface area contributed by atoms with Gasteiger partial charge < -0.3 is 9.84 Å². The first-order valence-corrected chi connectivity index (χ1v) is 7.15. The fraction of sp³-hybridized carbons (Fsp3) is 0.385. The Morgan fingerprint density at radius 1 is 1.52 bits per heavy atom. The number of hydrogen-bond acceptors (Lipinski definition) is 5. The second kappa shape index (κ2) is 6.66. The van der Waals surface area contributed by atoms with Gasteiger partial charge in [-0.15, -0.1) is 5.10 Å². The predicted octanol–water partition coefficient (Wildman–Crippen LogP) is 2.22. The summed E-state index contributed by atoms with van der Waals surface area (Å²) >= 11 is 3.38. The molecule has 0 amide bonds. The number of methoxy groups -OCH3 is 1. The molecule has 0 spiro atoms. The number of tetrazole rings is 1. The Morgan fingerprint density at radius 2 is 2.29 bits per heavy atom. The first-order chi connectivity index (χ1) is 10.0. The maximum atomic E-state index is 10.9. The van der Waals surface area contributed by atoms with E-state index >= 15 is 0 Å². The van der Waals surface area contributed by atoms with Gasteiger partial charge >= 0.3 is 5.97 Å². The number of aryl methyl sites for hydroxylation is 1. The zero-order valence-electron chi connectivity index (χ0n) is 11.7. The quantitative estimate of drug-likeness (QED) is 0.855. The van der Waals surface area contributed by atoms with E-state index in [2.05, 4.69) is 31.5 Å². The van der Waals surface area contributed by atoms with E-state index in [1.54, 1.807) is 18.7 Å². The average molecular weight is 355 g/mol. The van der Waals surface area contributed by atoms with Crippen LogP contribution in [0.3, 0.4) is 0 Å². The summed E-state index contributed by atoms with van der Waals surface area (Å²) in [6, 6.07) is 5.55. The molecule has 8 heteroatoms. The highest BCUT2D eigenvalue weighted by molar-refractivity contribution is 9.10. The second-order valence-corrected chi connectivity index (χ2v) is 5.51. The van der Waals surface area contributed by atoms with Crippen LogP contribution in [0.5, 0.6) is 5.75 Å². The summed E-state index contributed by atoms with van der Waals surface area (Å²) in [7, 11) is 1.58. The second-order valence-electron chi connectivity index (χ2n) is 4.60. The van der Waals surface area contributed by atoms with Crippen LogP contribution in [0.25, 0.3) is 11.4 Å². The third kappa shape index (κ3) is 3.57. The van der Waals surface area contributed by atoms with E-state index in [9.17, 15) is 4.79 Å². The molecule has 112 valence electrons. The summed E-state index contributed by atoms with van der Waals surface area (Å²) in [5.41, 5.74) is 0.758. The lowest BCUT2D eigenvalue weighted by molar-refractivity contribution is -0.141. The van der Waals surface area contributed by atoms with Gasteiger partial charge in [-0.05, 0) is 35.0 Å². The molecule has 0 saturated heterocycles. The Hall–Kier alpha value is -1.96. The summed E-state index contributed by atoms with van der Waals surface area (Å²) in [5.74, 6) is -0.0802. The highest BCUT2D eigenvalue weighted by Gasteiger charge is 2.16. The first kappa shape index (κ1) is 15.4. The van der Waals surface area contributed by atoms with Gasteiger partial charge in [0, 0.05) is 11.0 Å². The van der Waals surface area contributed by atoms with Crippen molar-refractivity contribution < 1.29 is 14.6 Å². The molecule has 0 bridgehead atoms. The van der Waals surface area contributed by atoms with Crippen LogP contribution in [0, 0.1) is 5.92 Å². The number of benzene rings is 1. The van der Waals surface area contributed by atoms with Crippen LogP contribution in [0.2, 0.25) is 0 Å². The molecule has 7 nitrogen and oxygen atoms in total. The topological polar surface area (TPSA) is 90.1 Å². The maximum absolute atomic E-state index is 10.9. The predicted molar refractivity (Wildman–Crippen MR) is 78.9 cm³/mol. The van der Waals surface area contributed by atoms with Gasteiger partial charge in [-0.1, -0.05) is 22.9 Å². The van der Waals surface area contributed by atoms with Crippen molar-refractivity contribution in [3.05, 3.63) is 22.7 Å². The number of carbonyl (C=O) groups is 1. The monoisotopic (exact) mass is 354 g/mol. The van der Waals surface area contributed by atoms with Crippen molar-refractivity contribution in [3.8, 4) is 17.1 Å². The van der Waals surface area contributed by atoms with Gasteiger partial charge in [0.2, 0.25) is 0 Å². The van der Waals surface area contributed by atoms with E-state index in [4.69, 9.17) is 9.84 Å². The van der Waals surface area contributed by atoms with Gasteiger partial charge in [-0.2, -0.15) is 0 Å². The molecule has 2 aromatic rings. The Labute approximate surface area is 130 Å². The fourth-order valence-electron chi connectivity index (χ4n) is 1.84. The Bertz CT molecular complexity index is 644. The molecule has 1 heterocycles. The van der Waals surface area contributed by atoms with Crippen molar-refractivity contribution in [3.63, 3.8) is 0 Å². The smallest absolute Gasteiger partial charge is 0.306 e. The minimum absolute atomic E-state index is 0.426. The molecule has 1 unspecified atom stereocenters. The van der Waals surface area contributed by atoms with E-state index < -0.39 is 11.9 Å². The van der Waals surface area contributed by atoms with Gasteiger partial charge in [0.15, 0.2) is 5.82 Å². The summed E-state index contributed by atoms with van der Waals surface area (Å²) in [4.78, 5) is 10.9. The third-order valence-electron chi connectivity index (χ3n) is 3.13. The molecule has 0 aliphatic heterocycles. The lowest BCUT2D eigenvalue weighted by Gasteiger charge is -2.10. The Balaban J connectivity index is 2.26. The summed E-state index contributed by atoms with van der Waals surface area (Å²) in [6.07, 6.45) is 0.451. The molecule has 1 aromatic heterocycles. The largest absolute Gasteiger partial charge is 0.496 e. The molecule has 1 atom stereocenters. The summed E-state index contributed by atoms with van der Waals surface area (Å²) in [5, 5.41) is 20.5. The molecule has 2 rings (SSSR count). The number of rotatable bonds is 6. The van der Waals surface area contributed by atoms with E-state index in [1.165, 1.54) is 0 Å². The van der Waals surface area contributed by atoms with Crippen LogP contribution < -0.4 is 4.74 Å². The van der Waals surface area contributed by atoms with Gasteiger partial charge in [-0.25, -0.2) is 4.68 Å². The number of halogens is 1. The van der Waals surface area contributed by atoms with Crippen LogP contribution in [-0.2, 0) is 11.3 Å². The van der Waals surface area contributed by atoms with E-state index in [-0.39, 0.29) is 0 Å². The van der Waals surface area contributed by atoms with Crippen molar-refractivity contribution in [2.75, 3.05) is 7.11 Å². The zero-order valence-corrected chi connectivity index (χ0v) is 13.2. The van der Waals surface area contributed by atoms with Gasteiger partial charge in [0.1, 0.15) is 5.75 Å². The lowest BCUT2D eigenvalue weighted by atomic mass is 10.1. The highest BCUT2D eigenvalue weighted by atomic mass is 79.9. The van der Waals surface area contributed by atoms with E-state index in [1.807, 2.05) is 18.2 Å². The van der Waals surface area contributed by atoms with Crippen molar-refractivity contribution in [1.82, 2.24) is 20.2 Å². The maximum Gasteiger partial charge on any atom is 0.306 e. The molecule has 0 aliphatic carbocycles. The van der Waals surface area contributed by atoms with E-state index in [0.717, 1.165) is 10.0 Å². The standard InChI is InChI=1S/C13H15BrN4O3/c1-8(13(19)20)5-6-18-12(15-16-17-18)10-4-3-9(14)7-11(10)21-2/h3-4,7-8H,5-6H2,1-2H3,(H,19,20). The molecule has 0 radical (unpaired) electrons. The Kier molecular flexibility index (Phi) is 4.89. The molecule has 0 aliphatic rings. The van der Waals surface area contributed by atoms with Crippen LogP contribution in [0.4, 0.5) is 0 Å². The third-order valence-corrected chi connectivity index (χ3v) is 3.63.